The first-order valence-corrected chi connectivity index (χ1v) is 14.9. The molecule has 3 aromatic carbocycles. The van der Waals surface area contributed by atoms with Crippen LogP contribution in [0.3, 0.4) is 0 Å². The van der Waals surface area contributed by atoms with Crippen molar-refractivity contribution >= 4 is 15.9 Å². The molecule has 0 saturated carbocycles. The third kappa shape index (κ3) is 5.92. The van der Waals surface area contributed by atoms with E-state index in [4.69, 9.17) is 14.2 Å². The maximum absolute atomic E-state index is 14.1. The zero-order valence-electron chi connectivity index (χ0n) is 23.4. The number of amides is 1. The highest BCUT2D eigenvalue weighted by molar-refractivity contribution is 7.89. The summed E-state index contributed by atoms with van der Waals surface area (Å²) >= 11 is 0. The van der Waals surface area contributed by atoms with Gasteiger partial charge in [-0.25, -0.2) is 12.8 Å². The molecule has 2 heterocycles. The van der Waals surface area contributed by atoms with Crippen LogP contribution < -0.4 is 14.2 Å². The summed E-state index contributed by atoms with van der Waals surface area (Å²) in [5.74, 6) is 5.66. The smallest absolute Gasteiger partial charge is 0.253 e. The van der Waals surface area contributed by atoms with Gasteiger partial charge in [-0.2, -0.15) is 4.31 Å². The van der Waals surface area contributed by atoms with E-state index in [1.807, 2.05) is 6.92 Å². The fourth-order valence-electron chi connectivity index (χ4n) is 4.83. The van der Waals surface area contributed by atoms with Crippen molar-refractivity contribution in [1.82, 2.24) is 9.21 Å². The predicted molar refractivity (Wildman–Crippen MR) is 152 cm³/mol. The molecule has 5 rings (SSSR count). The summed E-state index contributed by atoms with van der Waals surface area (Å²) in [4.78, 5) is 14.8. The second-order valence-electron chi connectivity index (χ2n) is 10.4. The number of ether oxygens (including phenoxy) is 3. The van der Waals surface area contributed by atoms with Crippen LogP contribution in [-0.2, 0) is 10.0 Å². The molecule has 0 radical (unpaired) electrons. The molecule has 0 aromatic heterocycles. The number of benzene rings is 3. The number of halogens is 1. The molecule has 1 N–H and O–H groups in total. The van der Waals surface area contributed by atoms with Crippen molar-refractivity contribution in [2.24, 2.45) is 5.92 Å². The first kappa shape index (κ1) is 29.4. The van der Waals surface area contributed by atoms with E-state index >= 15 is 0 Å². The van der Waals surface area contributed by atoms with Crippen molar-refractivity contribution in [3.05, 3.63) is 83.2 Å². The zero-order chi connectivity index (χ0) is 30.0. The molecule has 0 aliphatic carbocycles. The molecule has 220 valence electrons. The van der Waals surface area contributed by atoms with E-state index < -0.39 is 28.0 Å². The minimum Gasteiger partial charge on any atom is -0.487 e. The summed E-state index contributed by atoms with van der Waals surface area (Å²) in [6.45, 7) is 3.39. The summed E-state index contributed by atoms with van der Waals surface area (Å²) in [7, 11) is -2.42. The van der Waals surface area contributed by atoms with Crippen LogP contribution in [0.2, 0.25) is 0 Å². The summed E-state index contributed by atoms with van der Waals surface area (Å²) in [6, 6.07) is 14.8. The van der Waals surface area contributed by atoms with Crippen molar-refractivity contribution < 1.29 is 36.9 Å². The van der Waals surface area contributed by atoms with E-state index in [9.17, 15) is 22.7 Å². The molecule has 3 atom stereocenters. The standard InChI is InChI=1S/C31H31FN2O7S/c1-20-16-34(21(2)18-35)42(37,38)30-13-9-22(8-10-23-6-4-5-7-25(23)32)14-28(30)41-29(20)17-33(3)31(36)24-11-12-26-27(15-24)40-19-39-26/h4-7,9,11-15,20-21,29,35H,16-19H2,1-3H3/t20-,21-,29+/m0/s1. The largest absolute Gasteiger partial charge is 0.487 e. The van der Waals surface area contributed by atoms with Crippen LogP contribution in [0.15, 0.2) is 65.6 Å². The van der Waals surface area contributed by atoms with Crippen molar-refractivity contribution in [2.45, 2.75) is 30.9 Å². The first-order valence-electron chi connectivity index (χ1n) is 13.4. The van der Waals surface area contributed by atoms with Crippen LogP contribution in [0.1, 0.15) is 35.3 Å². The number of aliphatic hydroxyl groups is 1. The van der Waals surface area contributed by atoms with E-state index in [0.29, 0.717) is 22.6 Å². The average Bonchev–Trinajstić information content (AvgIpc) is 3.45. The molecule has 11 heteroatoms. The highest BCUT2D eigenvalue weighted by atomic mass is 32.2. The molecule has 2 aliphatic heterocycles. The molecule has 0 fully saturated rings. The van der Waals surface area contributed by atoms with Gasteiger partial charge in [0, 0.05) is 36.7 Å². The van der Waals surface area contributed by atoms with Gasteiger partial charge in [-0.3, -0.25) is 4.79 Å². The van der Waals surface area contributed by atoms with Crippen LogP contribution in [0.4, 0.5) is 4.39 Å². The summed E-state index contributed by atoms with van der Waals surface area (Å²) in [6.07, 6.45) is -0.620. The SMILES string of the molecule is C[C@H]1CN([C@@H](C)CO)S(=O)(=O)c2ccc(C#Cc3ccccc3F)cc2O[C@@H]1CN(C)C(=O)c1ccc2c(c1)OCO2. The number of aliphatic hydroxyl groups excluding tert-OH is 1. The van der Waals surface area contributed by atoms with E-state index in [0.717, 1.165) is 0 Å². The Morgan fingerprint density at radius 1 is 1.10 bits per heavy atom. The van der Waals surface area contributed by atoms with E-state index in [1.165, 1.54) is 33.5 Å². The normalized spacial score (nSPS) is 19.7. The van der Waals surface area contributed by atoms with Crippen LogP contribution in [0.5, 0.6) is 17.2 Å². The molecule has 0 spiro atoms. The predicted octanol–water partition coefficient (Wildman–Crippen LogP) is 3.50. The minimum absolute atomic E-state index is 0.0611. The Kier molecular flexibility index (Phi) is 8.41. The topological polar surface area (TPSA) is 106 Å². The number of sulfonamides is 1. The summed E-state index contributed by atoms with van der Waals surface area (Å²) in [5, 5.41) is 9.88. The number of carbonyl (C=O) groups excluding carboxylic acids is 1. The lowest BCUT2D eigenvalue weighted by atomic mass is 10.0. The fourth-order valence-corrected chi connectivity index (χ4v) is 6.65. The van der Waals surface area contributed by atoms with E-state index in [-0.39, 0.29) is 54.5 Å². The van der Waals surface area contributed by atoms with Crippen LogP contribution in [-0.4, -0.2) is 74.3 Å². The molecule has 1 amide bonds. The quantitative estimate of drug-likeness (QED) is 0.451. The van der Waals surface area contributed by atoms with E-state index in [1.54, 1.807) is 50.4 Å². The minimum atomic E-state index is -4.06. The second kappa shape index (κ2) is 12.0. The molecule has 3 aromatic rings. The van der Waals surface area contributed by atoms with Gasteiger partial charge in [0.15, 0.2) is 11.5 Å². The molecule has 42 heavy (non-hydrogen) atoms. The van der Waals surface area contributed by atoms with Gasteiger partial charge in [0.05, 0.1) is 18.7 Å². The molecular weight excluding hydrogens is 563 g/mol. The first-order chi connectivity index (χ1) is 20.1. The van der Waals surface area contributed by atoms with Crippen LogP contribution in [0.25, 0.3) is 0 Å². The van der Waals surface area contributed by atoms with Gasteiger partial charge in [-0.15, -0.1) is 0 Å². The number of rotatable bonds is 5. The van der Waals surface area contributed by atoms with Gasteiger partial charge in [0.1, 0.15) is 22.6 Å². The average molecular weight is 595 g/mol. The Bertz CT molecular complexity index is 1670. The van der Waals surface area contributed by atoms with E-state index in [2.05, 4.69) is 11.8 Å². The Morgan fingerprint density at radius 3 is 2.62 bits per heavy atom. The molecule has 2 aliphatic rings. The van der Waals surface area contributed by atoms with Crippen molar-refractivity contribution in [3.63, 3.8) is 0 Å². The second-order valence-corrected chi connectivity index (χ2v) is 12.2. The van der Waals surface area contributed by atoms with Crippen molar-refractivity contribution in [3.8, 4) is 29.1 Å². The van der Waals surface area contributed by atoms with Gasteiger partial charge in [-0.1, -0.05) is 30.9 Å². The lowest BCUT2D eigenvalue weighted by Crippen LogP contribution is -2.50. The van der Waals surface area contributed by atoms with Crippen LogP contribution in [0, 0.1) is 23.6 Å². The Labute approximate surface area is 244 Å². The number of nitrogens with zero attached hydrogens (tertiary/aromatic N) is 2. The molecule has 0 saturated heterocycles. The third-order valence-corrected chi connectivity index (χ3v) is 9.32. The molecule has 0 unspecified atom stereocenters. The zero-order valence-corrected chi connectivity index (χ0v) is 24.2. The third-order valence-electron chi connectivity index (χ3n) is 7.30. The van der Waals surface area contributed by atoms with Crippen molar-refractivity contribution in [2.75, 3.05) is 33.5 Å². The summed E-state index contributed by atoms with van der Waals surface area (Å²) < 4.78 is 59.9. The maximum Gasteiger partial charge on any atom is 0.253 e. The fraction of sp³-hybridized carbons (Fsp3) is 0.323. The van der Waals surface area contributed by atoms with Gasteiger partial charge < -0.3 is 24.2 Å². The highest BCUT2D eigenvalue weighted by Crippen LogP contribution is 2.35. The Balaban J connectivity index is 1.48. The lowest BCUT2D eigenvalue weighted by molar-refractivity contribution is 0.0563. The number of carbonyl (C=O) groups is 1. The van der Waals surface area contributed by atoms with Gasteiger partial charge in [0.2, 0.25) is 16.8 Å². The number of hydrogen-bond acceptors (Lipinski definition) is 7. The van der Waals surface area contributed by atoms with Gasteiger partial charge in [-0.05, 0) is 55.5 Å². The Hall–Kier alpha value is -4.11. The van der Waals surface area contributed by atoms with Gasteiger partial charge in [0.25, 0.3) is 5.91 Å². The number of hydrogen-bond donors (Lipinski definition) is 1. The maximum atomic E-state index is 14.1. The van der Waals surface area contributed by atoms with Crippen LogP contribution >= 0.6 is 0 Å². The number of fused-ring (bicyclic) bond motifs is 2. The monoisotopic (exact) mass is 594 g/mol. The number of likely N-dealkylation sites (N-methyl/N-ethyl adjacent to an activating group) is 1. The van der Waals surface area contributed by atoms with Crippen molar-refractivity contribution in [1.29, 1.82) is 0 Å². The Morgan fingerprint density at radius 2 is 1.86 bits per heavy atom. The molecule has 0 bridgehead atoms. The van der Waals surface area contributed by atoms with Gasteiger partial charge >= 0.3 is 0 Å². The molecule has 9 nitrogen and oxygen atoms in total. The molecular formula is C31H31FN2O7S. The highest BCUT2D eigenvalue weighted by Gasteiger charge is 2.38. The lowest BCUT2D eigenvalue weighted by Gasteiger charge is -2.37. The summed E-state index contributed by atoms with van der Waals surface area (Å²) in [5.41, 5.74) is 1.03.